The number of nitrogens with one attached hydrogen (secondary N) is 1. The van der Waals surface area contributed by atoms with Crippen LogP contribution in [0.4, 0.5) is 0 Å². The maximum Gasteiger partial charge on any atom is 0.122 e. The summed E-state index contributed by atoms with van der Waals surface area (Å²) in [6.45, 7) is 3.21. The molecule has 0 aromatic heterocycles. The van der Waals surface area contributed by atoms with Crippen LogP contribution in [0.3, 0.4) is 0 Å². The summed E-state index contributed by atoms with van der Waals surface area (Å²) < 4.78 is 5.57. The fourth-order valence-electron chi connectivity index (χ4n) is 4.02. The van der Waals surface area contributed by atoms with Gasteiger partial charge in [0.05, 0.1) is 6.61 Å². The SMILES string of the molecule is CC1CCCC(C(CCc2ccc3c(c2)CCO3)NN)C1. The van der Waals surface area contributed by atoms with Crippen LogP contribution >= 0.6 is 0 Å². The summed E-state index contributed by atoms with van der Waals surface area (Å²) in [7, 11) is 0. The zero-order chi connectivity index (χ0) is 14.7. The molecule has 1 aliphatic carbocycles. The van der Waals surface area contributed by atoms with Gasteiger partial charge in [-0.15, -0.1) is 0 Å². The first-order valence-electron chi connectivity index (χ1n) is 8.47. The number of hydrogen-bond donors (Lipinski definition) is 2. The van der Waals surface area contributed by atoms with Crippen molar-refractivity contribution in [3.63, 3.8) is 0 Å². The summed E-state index contributed by atoms with van der Waals surface area (Å²) in [5.41, 5.74) is 5.88. The highest BCUT2D eigenvalue weighted by atomic mass is 16.5. The quantitative estimate of drug-likeness (QED) is 0.646. The van der Waals surface area contributed by atoms with Crippen molar-refractivity contribution in [2.24, 2.45) is 17.7 Å². The highest BCUT2D eigenvalue weighted by Crippen LogP contribution is 2.32. The van der Waals surface area contributed by atoms with Gasteiger partial charge in [-0.1, -0.05) is 31.9 Å². The van der Waals surface area contributed by atoms with E-state index in [2.05, 4.69) is 30.5 Å². The van der Waals surface area contributed by atoms with Crippen molar-refractivity contribution in [3.05, 3.63) is 29.3 Å². The summed E-state index contributed by atoms with van der Waals surface area (Å²) in [6.07, 6.45) is 8.70. The van der Waals surface area contributed by atoms with Crippen molar-refractivity contribution in [2.75, 3.05) is 6.61 Å². The Hall–Kier alpha value is -1.06. The summed E-state index contributed by atoms with van der Waals surface area (Å²) in [6, 6.07) is 7.11. The molecule has 1 heterocycles. The van der Waals surface area contributed by atoms with E-state index in [1.54, 1.807) is 0 Å². The third kappa shape index (κ3) is 3.58. The van der Waals surface area contributed by atoms with Crippen LogP contribution in [-0.2, 0) is 12.8 Å². The molecule has 3 rings (SSSR count). The molecule has 2 aliphatic rings. The first-order chi connectivity index (χ1) is 10.3. The lowest BCUT2D eigenvalue weighted by Gasteiger charge is -2.33. The molecular formula is C18H28N2O. The second kappa shape index (κ2) is 6.80. The van der Waals surface area contributed by atoms with Crippen molar-refractivity contribution in [1.82, 2.24) is 5.43 Å². The molecular weight excluding hydrogens is 260 g/mol. The van der Waals surface area contributed by atoms with Gasteiger partial charge < -0.3 is 4.74 Å². The lowest BCUT2D eigenvalue weighted by Crippen LogP contribution is -2.42. The minimum atomic E-state index is 0.456. The lowest BCUT2D eigenvalue weighted by molar-refractivity contribution is 0.216. The Labute approximate surface area is 128 Å². The number of benzene rings is 1. The molecule has 3 heteroatoms. The first kappa shape index (κ1) is 14.9. The van der Waals surface area contributed by atoms with Crippen molar-refractivity contribution < 1.29 is 4.74 Å². The second-order valence-corrected chi connectivity index (χ2v) is 6.88. The number of hydrazine groups is 1. The van der Waals surface area contributed by atoms with Crippen LogP contribution in [0.25, 0.3) is 0 Å². The van der Waals surface area contributed by atoms with Gasteiger partial charge in [0.15, 0.2) is 0 Å². The Balaban J connectivity index is 1.57. The van der Waals surface area contributed by atoms with E-state index in [-0.39, 0.29) is 0 Å². The molecule has 1 aromatic rings. The lowest BCUT2D eigenvalue weighted by atomic mass is 9.77. The van der Waals surface area contributed by atoms with Gasteiger partial charge in [0.25, 0.3) is 0 Å². The highest BCUT2D eigenvalue weighted by Gasteiger charge is 2.25. The molecule has 3 atom stereocenters. The van der Waals surface area contributed by atoms with Gasteiger partial charge in [-0.2, -0.15) is 0 Å². The second-order valence-electron chi connectivity index (χ2n) is 6.88. The molecule has 1 aromatic carbocycles. The third-order valence-electron chi connectivity index (χ3n) is 5.26. The van der Waals surface area contributed by atoms with Crippen LogP contribution in [0.5, 0.6) is 5.75 Å². The largest absolute Gasteiger partial charge is 0.493 e. The summed E-state index contributed by atoms with van der Waals surface area (Å²) in [4.78, 5) is 0. The Morgan fingerprint density at radius 1 is 1.38 bits per heavy atom. The van der Waals surface area contributed by atoms with Crippen LogP contribution in [0.15, 0.2) is 18.2 Å². The highest BCUT2D eigenvalue weighted by molar-refractivity contribution is 5.39. The van der Waals surface area contributed by atoms with E-state index in [4.69, 9.17) is 10.6 Å². The number of hydrogen-bond acceptors (Lipinski definition) is 3. The molecule has 0 saturated heterocycles. The van der Waals surface area contributed by atoms with Gasteiger partial charge >= 0.3 is 0 Å². The van der Waals surface area contributed by atoms with E-state index in [0.717, 1.165) is 43.5 Å². The fourth-order valence-corrected chi connectivity index (χ4v) is 4.02. The Bertz CT molecular complexity index is 474. The molecule has 0 spiro atoms. The van der Waals surface area contributed by atoms with E-state index in [1.807, 2.05) is 0 Å². The maximum absolute atomic E-state index is 5.83. The average Bonchev–Trinajstić information content (AvgIpc) is 2.95. The average molecular weight is 288 g/mol. The molecule has 0 radical (unpaired) electrons. The van der Waals surface area contributed by atoms with Gasteiger partial charge in [0, 0.05) is 12.5 Å². The predicted octanol–water partition coefficient (Wildman–Crippen LogP) is 3.21. The van der Waals surface area contributed by atoms with Gasteiger partial charge in [0.2, 0.25) is 0 Å². The molecule has 3 N–H and O–H groups in total. The van der Waals surface area contributed by atoms with Gasteiger partial charge in [-0.25, -0.2) is 0 Å². The van der Waals surface area contributed by atoms with E-state index in [1.165, 1.54) is 36.8 Å². The minimum Gasteiger partial charge on any atom is -0.493 e. The number of ether oxygens (including phenoxy) is 1. The van der Waals surface area contributed by atoms with Crippen molar-refractivity contribution in [3.8, 4) is 5.75 Å². The van der Waals surface area contributed by atoms with E-state index >= 15 is 0 Å². The van der Waals surface area contributed by atoms with Gasteiger partial charge in [-0.3, -0.25) is 11.3 Å². The number of nitrogens with two attached hydrogens (primary N) is 1. The van der Waals surface area contributed by atoms with Crippen LogP contribution in [0, 0.1) is 11.8 Å². The Morgan fingerprint density at radius 2 is 2.29 bits per heavy atom. The van der Waals surface area contributed by atoms with Crippen molar-refractivity contribution in [1.29, 1.82) is 0 Å². The number of aryl methyl sites for hydroxylation is 1. The van der Waals surface area contributed by atoms with Crippen LogP contribution in [0.1, 0.15) is 50.2 Å². The van der Waals surface area contributed by atoms with Gasteiger partial charge in [-0.05, 0) is 54.7 Å². The monoisotopic (exact) mass is 288 g/mol. The molecule has 0 bridgehead atoms. The van der Waals surface area contributed by atoms with Crippen molar-refractivity contribution >= 4 is 0 Å². The van der Waals surface area contributed by atoms with Crippen molar-refractivity contribution in [2.45, 2.75) is 57.9 Å². The standard InChI is InChI=1S/C18H28N2O/c1-13-3-2-4-15(11-13)17(20-19)7-5-14-6-8-18-16(12-14)9-10-21-18/h6,8,12-13,15,17,20H,2-5,7,9-11,19H2,1H3. The molecule has 3 unspecified atom stereocenters. The predicted molar refractivity (Wildman–Crippen MR) is 86.2 cm³/mol. The molecule has 3 nitrogen and oxygen atoms in total. The normalized spacial score (nSPS) is 26.2. The number of fused-ring (bicyclic) bond motifs is 1. The summed E-state index contributed by atoms with van der Waals surface area (Å²) in [5, 5.41) is 0. The Morgan fingerprint density at radius 3 is 3.10 bits per heavy atom. The summed E-state index contributed by atoms with van der Waals surface area (Å²) >= 11 is 0. The van der Waals surface area contributed by atoms with Gasteiger partial charge in [0.1, 0.15) is 5.75 Å². The first-order valence-corrected chi connectivity index (χ1v) is 8.47. The van der Waals surface area contributed by atoms with Crippen LogP contribution in [-0.4, -0.2) is 12.6 Å². The molecule has 0 amide bonds. The molecule has 1 fully saturated rings. The molecule has 1 aliphatic heterocycles. The third-order valence-corrected chi connectivity index (χ3v) is 5.26. The van der Waals surface area contributed by atoms with E-state index in [0.29, 0.717) is 6.04 Å². The molecule has 116 valence electrons. The van der Waals surface area contributed by atoms with E-state index in [9.17, 15) is 0 Å². The molecule has 1 saturated carbocycles. The number of rotatable bonds is 5. The topological polar surface area (TPSA) is 47.3 Å². The smallest absolute Gasteiger partial charge is 0.122 e. The molecule has 21 heavy (non-hydrogen) atoms. The van der Waals surface area contributed by atoms with Crippen LogP contribution < -0.4 is 16.0 Å². The zero-order valence-electron chi connectivity index (χ0n) is 13.1. The zero-order valence-corrected chi connectivity index (χ0v) is 13.1. The van der Waals surface area contributed by atoms with Crippen LogP contribution in [0.2, 0.25) is 0 Å². The minimum absolute atomic E-state index is 0.456. The Kier molecular flexibility index (Phi) is 4.81. The fraction of sp³-hybridized carbons (Fsp3) is 0.667. The van der Waals surface area contributed by atoms with E-state index < -0.39 is 0 Å². The summed E-state index contributed by atoms with van der Waals surface area (Å²) in [5.74, 6) is 8.52. The maximum atomic E-state index is 5.83.